The molecule has 0 aromatic heterocycles. The number of aliphatic hydroxyl groups excluding tert-OH is 1. The first-order chi connectivity index (χ1) is 14.2. The second kappa shape index (κ2) is 8.51. The van der Waals surface area contributed by atoms with Crippen molar-refractivity contribution in [2.45, 2.75) is 15.7 Å². The summed E-state index contributed by atoms with van der Waals surface area (Å²) in [7, 11) is 0. The Kier molecular flexibility index (Phi) is 5.64. The molecule has 3 aromatic rings. The standard InChI is InChI=1S/C23H20N2O3S/c26-14-17(15-6-2-1-3-7-15)13-24-22(27)16-10-11-21-19(12-16)25-23(28)18-8-4-5-9-20(18)29-21/h1-12,17,26H,13-14H2,(H,24,27)(H,25,28)/t17-/m0/s1. The molecule has 0 aliphatic carbocycles. The third kappa shape index (κ3) is 4.18. The van der Waals surface area contributed by atoms with E-state index in [4.69, 9.17) is 0 Å². The fourth-order valence-electron chi connectivity index (χ4n) is 3.24. The maximum Gasteiger partial charge on any atom is 0.256 e. The summed E-state index contributed by atoms with van der Waals surface area (Å²) in [6.45, 7) is 0.266. The Hall–Kier alpha value is -3.09. The number of hydrogen-bond acceptors (Lipinski definition) is 4. The second-order valence-electron chi connectivity index (χ2n) is 6.76. The van der Waals surface area contributed by atoms with E-state index in [-0.39, 0.29) is 24.3 Å². The Labute approximate surface area is 173 Å². The van der Waals surface area contributed by atoms with Gasteiger partial charge in [0.1, 0.15) is 0 Å². The Bertz CT molecular complexity index is 1050. The number of carbonyl (C=O) groups is 2. The van der Waals surface area contributed by atoms with Crippen LogP contribution in [0.4, 0.5) is 5.69 Å². The molecule has 2 amide bonds. The summed E-state index contributed by atoms with van der Waals surface area (Å²) in [4.78, 5) is 26.9. The topological polar surface area (TPSA) is 78.4 Å². The van der Waals surface area contributed by atoms with Crippen molar-refractivity contribution in [2.24, 2.45) is 0 Å². The first-order valence-corrected chi connectivity index (χ1v) is 10.1. The van der Waals surface area contributed by atoms with Crippen molar-refractivity contribution in [3.8, 4) is 0 Å². The van der Waals surface area contributed by atoms with E-state index in [1.54, 1.807) is 18.2 Å². The maximum absolute atomic E-state index is 12.7. The number of nitrogens with one attached hydrogen (secondary N) is 2. The van der Waals surface area contributed by atoms with Crippen molar-refractivity contribution in [2.75, 3.05) is 18.5 Å². The summed E-state index contributed by atoms with van der Waals surface area (Å²) in [5.41, 5.74) is 2.66. The minimum atomic E-state index is -0.247. The molecule has 4 rings (SSSR count). The highest BCUT2D eigenvalue weighted by molar-refractivity contribution is 7.99. The van der Waals surface area contributed by atoms with E-state index in [1.165, 1.54) is 11.8 Å². The largest absolute Gasteiger partial charge is 0.396 e. The van der Waals surface area contributed by atoms with E-state index in [0.717, 1.165) is 15.4 Å². The van der Waals surface area contributed by atoms with Crippen LogP contribution in [0.15, 0.2) is 82.6 Å². The van der Waals surface area contributed by atoms with E-state index in [9.17, 15) is 14.7 Å². The van der Waals surface area contributed by atoms with E-state index >= 15 is 0 Å². The molecule has 29 heavy (non-hydrogen) atoms. The maximum atomic E-state index is 12.7. The van der Waals surface area contributed by atoms with Gasteiger partial charge in [-0.3, -0.25) is 9.59 Å². The van der Waals surface area contributed by atoms with Crippen molar-refractivity contribution in [1.29, 1.82) is 0 Å². The summed E-state index contributed by atoms with van der Waals surface area (Å²) in [5, 5.41) is 15.4. The molecule has 0 spiro atoms. The molecule has 1 heterocycles. The van der Waals surface area contributed by atoms with E-state index < -0.39 is 0 Å². The third-order valence-electron chi connectivity index (χ3n) is 4.84. The lowest BCUT2D eigenvalue weighted by atomic mass is 10.00. The van der Waals surface area contributed by atoms with Gasteiger partial charge in [0.15, 0.2) is 0 Å². The van der Waals surface area contributed by atoms with E-state index in [0.29, 0.717) is 23.4 Å². The zero-order valence-electron chi connectivity index (χ0n) is 15.6. The lowest BCUT2D eigenvalue weighted by Crippen LogP contribution is -2.29. The van der Waals surface area contributed by atoms with Crippen LogP contribution in [-0.4, -0.2) is 30.1 Å². The minimum absolute atomic E-state index is 0.0561. The molecule has 1 aliphatic rings. The molecule has 146 valence electrons. The zero-order chi connectivity index (χ0) is 20.2. The lowest BCUT2D eigenvalue weighted by Gasteiger charge is -2.16. The fourth-order valence-corrected chi connectivity index (χ4v) is 4.25. The minimum Gasteiger partial charge on any atom is -0.396 e. The molecule has 0 fully saturated rings. The van der Waals surface area contributed by atoms with Gasteiger partial charge in [-0.25, -0.2) is 0 Å². The first kappa shape index (κ1) is 19.2. The molecule has 0 saturated carbocycles. The molecule has 6 heteroatoms. The van der Waals surface area contributed by atoms with Gasteiger partial charge in [0.25, 0.3) is 11.8 Å². The molecular weight excluding hydrogens is 384 g/mol. The average Bonchev–Trinajstić information content (AvgIpc) is 2.90. The Morgan fingerprint density at radius 2 is 1.76 bits per heavy atom. The van der Waals surface area contributed by atoms with Crippen LogP contribution < -0.4 is 10.6 Å². The molecular formula is C23H20N2O3S. The number of carbonyl (C=O) groups excluding carboxylic acids is 2. The van der Waals surface area contributed by atoms with Gasteiger partial charge in [0.2, 0.25) is 0 Å². The van der Waals surface area contributed by atoms with Crippen LogP contribution >= 0.6 is 11.8 Å². The van der Waals surface area contributed by atoms with Gasteiger partial charge in [-0.1, -0.05) is 54.2 Å². The third-order valence-corrected chi connectivity index (χ3v) is 5.99. The molecule has 0 bridgehead atoms. The van der Waals surface area contributed by atoms with Crippen LogP contribution in [0, 0.1) is 0 Å². The van der Waals surface area contributed by atoms with Crippen LogP contribution in [0.5, 0.6) is 0 Å². The molecule has 5 nitrogen and oxygen atoms in total. The fraction of sp³-hybridized carbons (Fsp3) is 0.130. The predicted molar refractivity (Wildman–Crippen MR) is 114 cm³/mol. The molecule has 3 N–H and O–H groups in total. The average molecular weight is 404 g/mol. The SMILES string of the molecule is O=C(NC[C@@H](CO)c1ccccc1)c1ccc2c(c1)NC(=O)c1ccccc1S2. The predicted octanol–water partition coefficient (Wildman–Crippen LogP) is 3.91. The van der Waals surface area contributed by atoms with Crippen molar-refractivity contribution in [3.05, 3.63) is 89.5 Å². The van der Waals surface area contributed by atoms with Gasteiger partial charge < -0.3 is 15.7 Å². The molecule has 1 atom stereocenters. The zero-order valence-corrected chi connectivity index (χ0v) is 16.4. The number of rotatable bonds is 5. The normalized spacial score (nSPS) is 13.5. The Balaban J connectivity index is 1.50. The van der Waals surface area contributed by atoms with Gasteiger partial charge >= 0.3 is 0 Å². The van der Waals surface area contributed by atoms with E-state index in [2.05, 4.69) is 10.6 Å². The smallest absolute Gasteiger partial charge is 0.256 e. The highest BCUT2D eigenvalue weighted by Crippen LogP contribution is 2.39. The van der Waals surface area contributed by atoms with Gasteiger partial charge in [0, 0.05) is 27.8 Å². The highest BCUT2D eigenvalue weighted by atomic mass is 32.2. The Morgan fingerprint density at radius 3 is 2.55 bits per heavy atom. The number of aliphatic hydroxyl groups is 1. The number of anilines is 1. The number of fused-ring (bicyclic) bond motifs is 2. The van der Waals surface area contributed by atoms with Crippen molar-refractivity contribution in [1.82, 2.24) is 5.32 Å². The van der Waals surface area contributed by atoms with Crippen LogP contribution in [0.25, 0.3) is 0 Å². The summed E-state index contributed by atoms with van der Waals surface area (Å²) in [5.74, 6) is -0.609. The van der Waals surface area contributed by atoms with E-state index in [1.807, 2.05) is 54.6 Å². The Morgan fingerprint density at radius 1 is 1.00 bits per heavy atom. The van der Waals surface area contributed by atoms with Gasteiger partial charge in [-0.05, 0) is 35.9 Å². The lowest BCUT2D eigenvalue weighted by molar-refractivity contribution is 0.0946. The van der Waals surface area contributed by atoms with Crippen LogP contribution in [0.1, 0.15) is 32.2 Å². The highest BCUT2D eigenvalue weighted by Gasteiger charge is 2.21. The van der Waals surface area contributed by atoms with Gasteiger partial charge in [-0.2, -0.15) is 0 Å². The first-order valence-electron chi connectivity index (χ1n) is 9.32. The molecule has 1 aliphatic heterocycles. The summed E-state index contributed by atoms with van der Waals surface area (Å²) in [6.07, 6.45) is 0. The number of benzene rings is 3. The number of hydrogen-bond donors (Lipinski definition) is 3. The monoisotopic (exact) mass is 404 g/mol. The quantitative estimate of drug-likeness (QED) is 0.603. The summed E-state index contributed by atoms with van der Waals surface area (Å²) >= 11 is 1.50. The van der Waals surface area contributed by atoms with Crippen molar-refractivity contribution < 1.29 is 14.7 Å². The van der Waals surface area contributed by atoms with Gasteiger partial charge in [0.05, 0.1) is 17.9 Å². The van der Waals surface area contributed by atoms with Crippen molar-refractivity contribution >= 4 is 29.3 Å². The second-order valence-corrected chi connectivity index (χ2v) is 7.85. The van der Waals surface area contributed by atoms with Crippen LogP contribution in [-0.2, 0) is 0 Å². The summed E-state index contributed by atoms with van der Waals surface area (Å²) in [6, 6.07) is 22.3. The molecule has 0 radical (unpaired) electrons. The molecule has 0 unspecified atom stereocenters. The number of amides is 2. The summed E-state index contributed by atoms with van der Waals surface area (Å²) < 4.78 is 0. The molecule has 0 saturated heterocycles. The van der Waals surface area contributed by atoms with Crippen LogP contribution in [0.3, 0.4) is 0 Å². The van der Waals surface area contributed by atoms with Crippen LogP contribution in [0.2, 0.25) is 0 Å². The van der Waals surface area contributed by atoms with Gasteiger partial charge in [-0.15, -0.1) is 0 Å². The van der Waals surface area contributed by atoms with Crippen molar-refractivity contribution in [3.63, 3.8) is 0 Å². The molecule has 3 aromatic carbocycles.